The van der Waals surface area contributed by atoms with Gasteiger partial charge in [0.05, 0.1) is 18.1 Å². The van der Waals surface area contributed by atoms with Crippen LogP contribution >= 0.6 is 0 Å². The number of rotatable bonds is 2. The maximum Gasteiger partial charge on any atom is 0.346 e. The molecule has 0 saturated heterocycles. The monoisotopic (exact) mass is 435 g/mol. The largest absolute Gasteiger partial charge is 0.457 e. The summed E-state index contributed by atoms with van der Waals surface area (Å²) in [6.45, 7) is 0. The van der Waals surface area contributed by atoms with Crippen LogP contribution in [0.5, 0.6) is 11.5 Å². The highest BCUT2D eigenvalue weighted by Crippen LogP contribution is 2.68. The number of halogens is 8. The first-order valence-electron chi connectivity index (χ1n) is 8.32. The molecule has 0 fully saturated rings. The van der Waals surface area contributed by atoms with Crippen molar-refractivity contribution in [3.8, 4) is 17.6 Å². The van der Waals surface area contributed by atoms with Gasteiger partial charge in [0.1, 0.15) is 17.3 Å². The van der Waals surface area contributed by atoms with E-state index in [1.54, 1.807) is 6.07 Å². The Morgan fingerprint density at radius 2 is 1.73 bits per heavy atom. The van der Waals surface area contributed by atoms with Crippen LogP contribution in [0.3, 0.4) is 0 Å². The van der Waals surface area contributed by atoms with Crippen molar-refractivity contribution in [2.24, 2.45) is 0 Å². The van der Waals surface area contributed by atoms with Crippen LogP contribution in [0.1, 0.15) is 34.8 Å². The van der Waals surface area contributed by atoms with Crippen molar-refractivity contribution in [2.45, 2.75) is 36.0 Å². The highest BCUT2D eigenvalue weighted by molar-refractivity contribution is 5.59. The van der Waals surface area contributed by atoms with Gasteiger partial charge in [0, 0.05) is 22.8 Å². The van der Waals surface area contributed by atoms with Crippen molar-refractivity contribution in [1.29, 1.82) is 5.26 Å². The number of nitrogens with zero attached hydrogens (tertiary/aromatic N) is 1. The summed E-state index contributed by atoms with van der Waals surface area (Å²) in [7, 11) is 0. The van der Waals surface area contributed by atoms with Crippen LogP contribution in [-0.4, -0.2) is 17.0 Å². The molecule has 0 heterocycles. The minimum absolute atomic E-state index is 0.267. The molecule has 0 radical (unpaired) electrons. The first-order chi connectivity index (χ1) is 13.8. The Bertz CT molecular complexity index is 1110. The van der Waals surface area contributed by atoms with Crippen LogP contribution in [0.15, 0.2) is 30.3 Å². The number of benzene rings is 2. The van der Waals surface area contributed by atoms with Crippen LogP contribution in [0.4, 0.5) is 35.1 Å². The zero-order chi connectivity index (χ0) is 22.3. The van der Waals surface area contributed by atoms with Crippen molar-refractivity contribution in [2.75, 3.05) is 0 Å². The van der Waals surface area contributed by atoms with E-state index < -0.39 is 70.0 Å². The maximum atomic E-state index is 14.6. The fourth-order valence-corrected chi connectivity index (χ4v) is 3.89. The van der Waals surface area contributed by atoms with Crippen molar-refractivity contribution in [3.63, 3.8) is 0 Å². The minimum Gasteiger partial charge on any atom is -0.457 e. The minimum atomic E-state index is -5.36. The third-order valence-corrected chi connectivity index (χ3v) is 5.22. The van der Waals surface area contributed by atoms with Gasteiger partial charge in [-0.05, 0) is 24.3 Å². The smallest absolute Gasteiger partial charge is 0.346 e. The first-order valence-corrected chi connectivity index (χ1v) is 8.32. The summed E-state index contributed by atoms with van der Waals surface area (Å²) in [6, 6.07) is 4.95. The molecule has 2 atom stereocenters. The summed E-state index contributed by atoms with van der Waals surface area (Å²) in [5.41, 5.74) is -8.60. The SMILES string of the molecule is N#Cc1cc(F)cc(Oc2ccc3c4c2[C@H](F)C(F)(F)C[C@]4(O)C(F)(F)C3(F)F)c1. The number of aliphatic hydroxyl groups is 1. The lowest BCUT2D eigenvalue weighted by Gasteiger charge is -2.40. The third-order valence-electron chi connectivity index (χ3n) is 5.22. The van der Waals surface area contributed by atoms with Crippen LogP contribution in [0, 0.1) is 17.1 Å². The second-order valence-corrected chi connectivity index (χ2v) is 7.10. The van der Waals surface area contributed by atoms with Gasteiger partial charge in [0.2, 0.25) is 0 Å². The van der Waals surface area contributed by atoms with E-state index in [4.69, 9.17) is 10.00 Å². The molecule has 2 aromatic rings. The zero-order valence-electron chi connectivity index (χ0n) is 14.5. The second kappa shape index (κ2) is 5.85. The van der Waals surface area contributed by atoms with E-state index in [0.717, 1.165) is 12.1 Å². The molecule has 2 aliphatic rings. The Morgan fingerprint density at radius 1 is 1.07 bits per heavy atom. The van der Waals surface area contributed by atoms with Gasteiger partial charge in [-0.25, -0.2) is 17.6 Å². The van der Waals surface area contributed by atoms with Gasteiger partial charge in [-0.15, -0.1) is 0 Å². The molecule has 158 valence electrons. The molecule has 30 heavy (non-hydrogen) atoms. The molecule has 2 aromatic carbocycles. The first kappa shape index (κ1) is 20.4. The molecule has 0 aliphatic heterocycles. The lowest BCUT2D eigenvalue weighted by molar-refractivity contribution is -0.306. The zero-order valence-corrected chi connectivity index (χ0v) is 14.5. The lowest BCUT2D eigenvalue weighted by atomic mass is 9.75. The van der Waals surface area contributed by atoms with Gasteiger partial charge in [-0.3, -0.25) is 0 Å². The average molecular weight is 435 g/mol. The summed E-state index contributed by atoms with van der Waals surface area (Å²) in [5, 5.41) is 19.1. The Morgan fingerprint density at radius 3 is 2.37 bits per heavy atom. The Hall–Kier alpha value is -2.87. The van der Waals surface area contributed by atoms with Crippen LogP contribution < -0.4 is 4.74 Å². The number of hydrogen-bond donors (Lipinski definition) is 1. The molecule has 11 heteroatoms. The summed E-state index contributed by atoms with van der Waals surface area (Å²) in [4.78, 5) is 0. The molecule has 3 nitrogen and oxygen atoms in total. The van der Waals surface area contributed by atoms with E-state index in [0.29, 0.717) is 18.2 Å². The maximum absolute atomic E-state index is 14.6. The fourth-order valence-electron chi connectivity index (χ4n) is 3.89. The molecule has 0 spiro atoms. The highest BCUT2D eigenvalue weighted by Gasteiger charge is 2.80. The normalized spacial score (nSPS) is 27.3. The predicted molar refractivity (Wildman–Crippen MR) is 83.8 cm³/mol. The Kier molecular flexibility index (Phi) is 3.98. The van der Waals surface area contributed by atoms with Gasteiger partial charge >= 0.3 is 11.8 Å². The van der Waals surface area contributed by atoms with E-state index in [-0.39, 0.29) is 5.56 Å². The number of ether oxygens (including phenoxy) is 1. The summed E-state index contributed by atoms with van der Waals surface area (Å²) >= 11 is 0. The summed E-state index contributed by atoms with van der Waals surface area (Å²) < 4.78 is 119. The Labute approximate surface area is 163 Å². The molecule has 1 N–H and O–H groups in total. The molecule has 4 rings (SSSR count). The van der Waals surface area contributed by atoms with Crippen molar-refractivity contribution in [3.05, 3.63) is 58.4 Å². The van der Waals surface area contributed by atoms with Gasteiger partial charge in [-0.2, -0.15) is 22.8 Å². The molecule has 0 amide bonds. The van der Waals surface area contributed by atoms with Crippen LogP contribution in [0.2, 0.25) is 0 Å². The van der Waals surface area contributed by atoms with Crippen molar-refractivity contribution in [1.82, 2.24) is 0 Å². The van der Waals surface area contributed by atoms with Gasteiger partial charge in [-0.1, -0.05) is 0 Å². The van der Waals surface area contributed by atoms with Crippen molar-refractivity contribution < 1.29 is 45.0 Å². The molecular weight excluding hydrogens is 426 g/mol. The van der Waals surface area contributed by atoms with E-state index in [2.05, 4.69) is 0 Å². The molecular formula is C19H9F8NO2. The van der Waals surface area contributed by atoms with E-state index in [1.807, 2.05) is 0 Å². The van der Waals surface area contributed by atoms with Gasteiger partial charge in [0.25, 0.3) is 5.92 Å². The number of nitriles is 1. The Balaban J connectivity index is 1.97. The topological polar surface area (TPSA) is 53.2 Å². The second-order valence-electron chi connectivity index (χ2n) is 7.10. The van der Waals surface area contributed by atoms with Gasteiger partial charge < -0.3 is 9.84 Å². The third kappa shape index (κ3) is 2.40. The van der Waals surface area contributed by atoms with E-state index >= 15 is 0 Å². The lowest BCUT2D eigenvalue weighted by Crippen LogP contribution is -2.54. The summed E-state index contributed by atoms with van der Waals surface area (Å²) in [6.07, 6.45) is -5.64. The van der Waals surface area contributed by atoms with E-state index in [1.165, 1.54) is 0 Å². The van der Waals surface area contributed by atoms with E-state index in [9.17, 15) is 40.2 Å². The molecule has 0 unspecified atom stereocenters. The molecule has 0 saturated carbocycles. The fraction of sp³-hybridized carbons (Fsp3) is 0.316. The number of hydrogen-bond acceptors (Lipinski definition) is 3. The quantitative estimate of drug-likeness (QED) is 0.637. The van der Waals surface area contributed by atoms with Crippen LogP contribution in [0.25, 0.3) is 0 Å². The molecule has 0 bridgehead atoms. The number of alkyl halides is 7. The highest BCUT2D eigenvalue weighted by atomic mass is 19.3. The van der Waals surface area contributed by atoms with Gasteiger partial charge in [0.15, 0.2) is 11.8 Å². The molecule has 2 aliphatic carbocycles. The average Bonchev–Trinajstić information content (AvgIpc) is 2.75. The molecule has 0 aromatic heterocycles. The predicted octanol–water partition coefficient (Wildman–Crippen LogP) is 5.47. The summed E-state index contributed by atoms with van der Waals surface area (Å²) in [5.74, 6) is -17.4. The standard InChI is InChI=1S/C19H9F8NO2/c20-9-3-8(6-28)4-10(5-9)30-12-2-1-11-14-13(12)15(21)17(22,23)7-16(14,29)19(26,27)18(11,24)25/h1-5,15,29H,7H2/t15-,16+/m0/s1. The van der Waals surface area contributed by atoms with Crippen LogP contribution in [-0.2, 0) is 11.5 Å². The van der Waals surface area contributed by atoms with Crippen molar-refractivity contribution >= 4 is 0 Å².